The zero-order valence-electron chi connectivity index (χ0n) is 7.57. The van der Waals surface area contributed by atoms with Crippen LogP contribution in [0.5, 0.6) is 0 Å². The van der Waals surface area contributed by atoms with E-state index in [2.05, 4.69) is 16.4 Å². The second kappa shape index (κ2) is 3.14. The number of nitrogens with two attached hydrogens (primary N) is 1. The van der Waals surface area contributed by atoms with Crippen molar-refractivity contribution in [3.63, 3.8) is 0 Å². The highest BCUT2D eigenvalue weighted by Crippen LogP contribution is 2.12. The summed E-state index contributed by atoms with van der Waals surface area (Å²) in [4.78, 5) is 0. The maximum Gasteiger partial charge on any atom is 0.113 e. The van der Waals surface area contributed by atoms with E-state index in [0.29, 0.717) is 6.54 Å². The van der Waals surface area contributed by atoms with E-state index in [1.165, 1.54) is 5.56 Å². The van der Waals surface area contributed by atoms with Gasteiger partial charge in [0.05, 0.1) is 5.52 Å². The molecule has 2 rings (SSSR count). The lowest BCUT2D eigenvalue weighted by atomic mass is 10.1. The smallest absolute Gasteiger partial charge is 0.113 e. The summed E-state index contributed by atoms with van der Waals surface area (Å²) in [7, 11) is 1.89. The molecule has 2 N–H and O–H groups in total. The first kappa shape index (κ1) is 8.19. The quantitative estimate of drug-likeness (QED) is 0.723. The summed E-state index contributed by atoms with van der Waals surface area (Å²) < 4.78 is 1.77. The van der Waals surface area contributed by atoms with Crippen molar-refractivity contribution in [3.8, 4) is 0 Å². The first-order valence-electron chi connectivity index (χ1n) is 4.29. The predicted molar refractivity (Wildman–Crippen MR) is 51.3 cm³/mol. The highest BCUT2D eigenvalue weighted by molar-refractivity contribution is 5.74. The van der Waals surface area contributed by atoms with E-state index in [4.69, 9.17) is 5.73 Å². The third kappa shape index (κ3) is 1.40. The first-order valence-corrected chi connectivity index (χ1v) is 4.29. The van der Waals surface area contributed by atoms with Crippen molar-refractivity contribution >= 4 is 11.0 Å². The fraction of sp³-hybridized carbons (Fsp3) is 0.333. The van der Waals surface area contributed by atoms with Crippen molar-refractivity contribution < 1.29 is 0 Å². The molecule has 0 saturated carbocycles. The number of benzene rings is 1. The zero-order chi connectivity index (χ0) is 9.26. The molecule has 0 radical (unpaired) electrons. The van der Waals surface area contributed by atoms with Gasteiger partial charge in [-0.2, -0.15) is 0 Å². The fourth-order valence-corrected chi connectivity index (χ4v) is 1.40. The van der Waals surface area contributed by atoms with E-state index < -0.39 is 0 Å². The molecule has 2 aromatic rings. The number of rotatable bonds is 2. The third-order valence-electron chi connectivity index (χ3n) is 2.11. The summed E-state index contributed by atoms with van der Waals surface area (Å²) in [5, 5.41) is 7.93. The van der Waals surface area contributed by atoms with Gasteiger partial charge in [0.1, 0.15) is 5.52 Å². The summed E-state index contributed by atoms with van der Waals surface area (Å²) in [6, 6.07) is 6.11. The Balaban J connectivity index is 2.53. The molecule has 0 aliphatic carbocycles. The van der Waals surface area contributed by atoms with Crippen LogP contribution in [0.1, 0.15) is 5.56 Å². The SMILES string of the molecule is Cn1nnc2ccc(CCN)cc21. The molecule has 13 heavy (non-hydrogen) atoms. The zero-order valence-corrected chi connectivity index (χ0v) is 7.57. The lowest BCUT2D eigenvalue weighted by Crippen LogP contribution is -2.02. The van der Waals surface area contributed by atoms with Gasteiger partial charge in [-0.15, -0.1) is 5.10 Å². The van der Waals surface area contributed by atoms with Crippen LogP contribution in [0.25, 0.3) is 11.0 Å². The van der Waals surface area contributed by atoms with Gasteiger partial charge in [0, 0.05) is 7.05 Å². The Kier molecular flexibility index (Phi) is 1.98. The fourth-order valence-electron chi connectivity index (χ4n) is 1.40. The molecule has 4 nitrogen and oxygen atoms in total. The topological polar surface area (TPSA) is 56.7 Å². The lowest BCUT2D eigenvalue weighted by molar-refractivity contribution is 0.736. The Morgan fingerprint density at radius 1 is 1.46 bits per heavy atom. The number of aryl methyl sites for hydroxylation is 1. The number of hydrogen-bond donors (Lipinski definition) is 1. The van der Waals surface area contributed by atoms with Crippen LogP contribution in [0.15, 0.2) is 18.2 Å². The van der Waals surface area contributed by atoms with E-state index >= 15 is 0 Å². The van der Waals surface area contributed by atoms with Crippen LogP contribution >= 0.6 is 0 Å². The van der Waals surface area contributed by atoms with Crippen LogP contribution < -0.4 is 5.73 Å². The minimum absolute atomic E-state index is 0.677. The average Bonchev–Trinajstić information content (AvgIpc) is 2.49. The van der Waals surface area contributed by atoms with Gasteiger partial charge in [-0.3, -0.25) is 0 Å². The monoisotopic (exact) mass is 176 g/mol. The van der Waals surface area contributed by atoms with Gasteiger partial charge in [-0.05, 0) is 30.7 Å². The number of aromatic nitrogens is 3. The largest absolute Gasteiger partial charge is 0.330 e. The summed E-state index contributed by atoms with van der Waals surface area (Å²) in [5.41, 5.74) is 8.71. The van der Waals surface area contributed by atoms with Gasteiger partial charge in [-0.1, -0.05) is 11.3 Å². The van der Waals surface area contributed by atoms with Crippen LogP contribution in [-0.4, -0.2) is 21.5 Å². The molecule has 1 heterocycles. The Morgan fingerprint density at radius 3 is 3.08 bits per heavy atom. The summed E-state index contributed by atoms with van der Waals surface area (Å²) >= 11 is 0. The normalized spacial score (nSPS) is 10.9. The highest BCUT2D eigenvalue weighted by Gasteiger charge is 2.01. The molecule has 0 spiro atoms. The molecule has 0 amide bonds. The number of fused-ring (bicyclic) bond motifs is 1. The number of hydrogen-bond acceptors (Lipinski definition) is 3. The molecule has 0 aliphatic rings. The Bertz CT molecular complexity index is 418. The highest BCUT2D eigenvalue weighted by atomic mass is 15.4. The Hall–Kier alpha value is -1.42. The standard InChI is InChI=1S/C9H12N4/c1-13-9-6-7(4-5-10)2-3-8(9)11-12-13/h2-3,6H,4-5,10H2,1H3. The molecule has 0 bridgehead atoms. The first-order chi connectivity index (χ1) is 6.31. The van der Waals surface area contributed by atoms with Crippen molar-refractivity contribution in [2.75, 3.05) is 6.54 Å². The molecule has 4 heteroatoms. The number of nitrogens with zero attached hydrogens (tertiary/aromatic N) is 3. The molecule has 0 saturated heterocycles. The van der Waals surface area contributed by atoms with Gasteiger partial charge in [0.25, 0.3) is 0 Å². The molecule has 0 atom stereocenters. The van der Waals surface area contributed by atoms with Gasteiger partial charge >= 0.3 is 0 Å². The maximum atomic E-state index is 5.48. The van der Waals surface area contributed by atoms with Gasteiger partial charge < -0.3 is 5.73 Å². The lowest BCUT2D eigenvalue weighted by Gasteiger charge is -1.98. The minimum atomic E-state index is 0.677. The summed E-state index contributed by atoms with van der Waals surface area (Å²) in [6.07, 6.45) is 0.904. The van der Waals surface area contributed by atoms with Crippen molar-refractivity contribution in [2.24, 2.45) is 12.8 Å². The molecule has 68 valence electrons. The van der Waals surface area contributed by atoms with Crippen molar-refractivity contribution in [3.05, 3.63) is 23.8 Å². The average molecular weight is 176 g/mol. The van der Waals surface area contributed by atoms with Crippen molar-refractivity contribution in [1.82, 2.24) is 15.0 Å². The maximum absolute atomic E-state index is 5.48. The third-order valence-corrected chi connectivity index (χ3v) is 2.11. The van der Waals surface area contributed by atoms with Crippen LogP contribution in [0, 0.1) is 0 Å². The van der Waals surface area contributed by atoms with Crippen LogP contribution in [0.2, 0.25) is 0 Å². The Labute approximate surface area is 76.3 Å². The molecular formula is C9H12N4. The Morgan fingerprint density at radius 2 is 2.31 bits per heavy atom. The van der Waals surface area contributed by atoms with Crippen LogP contribution in [-0.2, 0) is 13.5 Å². The minimum Gasteiger partial charge on any atom is -0.330 e. The second-order valence-corrected chi connectivity index (χ2v) is 3.07. The molecule has 0 aliphatic heterocycles. The van der Waals surface area contributed by atoms with Gasteiger partial charge in [0.15, 0.2) is 0 Å². The predicted octanol–water partition coefficient (Wildman–Crippen LogP) is 0.469. The van der Waals surface area contributed by atoms with Crippen LogP contribution in [0.4, 0.5) is 0 Å². The van der Waals surface area contributed by atoms with Crippen LogP contribution in [0.3, 0.4) is 0 Å². The van der Waals surface area contributed by atoms with E-state index in [1.54, 1.807) is 4.68 Å². The van der Waals surface area contributed by atoms with Gasteiger partial charge in [-0.25, -0.2) is 4.68 Å². The van der Waals surface area contributed by atoms with E-state index in [0.717, 1.165) is 17.5 Å². The molecule has 0 fully saturated rings. The molecular weight excluding hydrogens is 164 g/mol. The van der Waals surface area contributed by atoms with Crippen molar-refractivity contribution in [2.45, 2.75) is 6.42 Å². The summed E-state index contributed by atoms with van der Waals surface area (Å²) in [5.74, 6) is 0. The van der Waals surface area contributed by atoms with Crippen molar-refractivity contribution in [1.29, 1.82) is 0 Å². The second-order valence-electron chi connectivity index (χ2n) is 3.07. The molecule has 1 aromatic heterocycles. The molecule has 1 aromatic carbocycles. The van der Waals surface area contributed by atoms with E-state index in [9.17, 15) is 0 Å². The summed E-state index contributed by atoms with van der Waals surface area (Å²) in [6.45, 7) is 0.677. The molecule has 0 unspecified atom stereocenters. The van der Waals surface area contributed by atoms with Gasteiger partial charge in [0.2, 0.25) is 0 Å². The van der Waals surface area contributed by atoms with E-state index in [-0.39, 0.29) is 0 Å². The van der Waals surface area contributed by atoms with E-state index in [1.807, 2.05) is 19.2 Å².